The maximum atomic E-state index is 12.8. The van der Waals surface area contributed by atoms with Gasteiger partial charge in [-0.25, -0.2) is 0 Å². The number of hydrogen-bond acceptors (Lipinski definition) is 3. The Balaban J connectivity index is 1.55. The van der Waals surface area contributed by atoms with Gasteiger partial charge in [-0.3, -0.25) is 14.9 Å². The second kappa shape index (κ2) is 10.9. The van der Waals surface area contributed by atoms with Crippen LogP contribution in [0.2, 0.25) is 5.02 Å². The summed E-state index contributed by atoms with van der Waals surface area (Å²) in [6, 6.07) is 14.3. The van der Waals surface area contributed by atoms with Crippen molar-refractivity contribution < 1.29 is 9.59 Å². The summed E-state index contributed by atoms with van der Waals surface area (Å²) in [4.78, 5) is 26.8. The van der Waals surface area contributed by atoms with E-state index < -0.39 is 0 Å². The van der Waals surface area contributed by atoms with Crippen molar-refractivity contribution in [3.05, 3.63) is 70.8 Å². The minimum atomic E-state index is -0.348. The monoisotopic (exact) mass is 441 g/mol. The molecule has 156 valence electrons. The Morgan fingerprint density at radius 2 is 1.70 bits per heavy atom. The fourth-order valence-corrected chi connectivity index (χ4v) is 3.59. The molecular weight excluding hydrogens is 418 g/mol. The molecule has 0 spiro atoms. The quantitative estimate of drug-likeness (QED) is 0.524. The van der Waals surface area contributed by atoms with Crippen molar-refractivity contribution in [1.82, 2.24) is 10.2 Å². The molecule has 1 fully saturated rings. The van der Waals surface area contributed by atoms with Crippen molar-refractivity contribution in [3.63, 3.8) is 0 Å². The third-order valence-electron chi connectivity index (χ3n) is 4.79. The first-order chi connectivity index (χ1) is 14.5. The van der Waals surface area contributed by atoms with Crippen LogP contribution in [0.1, 0.15) is 41.6 Å². The summed E-state index contributed by atoms with van der Waals surface area (Å²) in [6.45, 7) is 1.59. The van der Waals surface area contributed by atoms with Gasteiger partial charge in [0.05, 0.1) is 0 Å². The van der Waals surface area contributed by atoms with Crippen LogP contribution in [0.5, 0.6) is 0 Å². The molecule has 2 aromatic carbocycles. The average Bonchev–Trinajstić information content (AvgIpc) is 3.02. The number of rotatable bonds is 4. The molecule has 0 aliphatic carbocycles. The Morgan fingerprint density at radius 3 is 2.40 bits per heavy atom. The molecule has 0 radical (unpaired) electrons. The van der Waals surface area contributed by atoms with E-state index in [1.807, 2.05) is 17.0 Å². The van der Waals surface area contributed by atoms with Crippen LogP contribution in [0.15, 0.2) is 54.6 Å². The van der Waals surface area contributed by atoms with Gasteiger partial charge >= 0.3 is 0 Å². The molecule has 1 aliphatic rings. The third kappa shape index (κ3) is 6.68. The van der Waals surface area contributed by atoms with Crippen molar-refractivity contribution in [1.29, 1.82) is 0 Å². The molecular formula is C23H24ClN3O2S. The SMILES string of the molecule is O=C(/C=C/c1ccc(Cl)cc1)NC(=S)Nc1cccc(C(=O)N2CCCCCC2)c1. The molecule has 1 aliphatic heterocycles. The Labute approximate surface area is 187 Å². The number of carbonyl (C=O) groups is 2. The summed E-state index contributed by atoms with van der Waals surface area (Å²) >= 11 is 11.1. The first kappa shape index (κ1) is 22.0. The molecule has 1 saturated heterocycles. The van der Waals surface area contributed by atoms with Crippen molar-refractivity contribution in [2.24, 2.45) is 0 Å². The molecule has 1 heterocycles. The Morgan fingerprint density at radius 1 is 1.00 bits per heavy atom. The van der Waals surface area contributed by atoms with Crippen LogP contribution >= 0.6 is 23.8 Å². The zero-order valence-corrected chi connectivity index (χ0v) is 18.1. The van der Waals surface area contributed by atoms with E-state index in [2.05, 4.69) is 10.6 Å². The summed E-state index contributed by atoms with van der Waals surface area (Å²) in [7, 11) is 0. The lowest BCUT2D eigenvalue weighted by atomic mass is 10.1. The van der Waals surface area contributed by atoms with Crippen LogP contribution < -0.4 is 10.6 Å². The van der Waals surface area contributed by atoms with E-state index in [9.17, 15) is 9.59 Å². The average molecular weight is 442 g/mol. The van der Waals surface area contributed by atoms with E-state index in [4.69, 9.17) is 23.8 Å². The van der Waals surface area contributed by atoms with Crippen LogP contribution in [0.3, 0.4) is 0 Å². The maximum Gasteiger partial charge on any atom is 0.253 e. The number of nitrogens with one attached hydrogen (secondary N) is 2. The van der Waals surface area contributed by atoms with Crippen LogP contribution in [-0.2, 0) is 4.79 Å². The van der Waals surface area contributed by atoms with Gasteiger partial charge in [0.2, 0.25) is 5.91 Å². The van der Waals surface area contributed by atoms with E-state index in [1.165, 1.54) is 18.9 Å². The maximum absolute atomic E-state index is 12.8. The zero-order chi connectivity index (χ0) is 21.3. The number of nitrogens with zero attached hydrogens (tertiary/aromatic N) is 1. The molecule has 3 rings (SSSR count). The summed E-state index contributed by atoms with van der Waals surface area (Å²) in [5.41, 5.74) is 2.12. The second-order valence-electron chi connectivity index (χ2n) is 7.12. The lowest BCUT2D eigenvalue weighted by Gasteiger charge is -2.20. The number of thiocarbonyl (C=S) groups is 1. The summed E-state index contributed by atoms with van der Waals surface area (Å²) < 4.78 is 0. The van der Waals surface area contributed by atoms with E-state index in [-0.39, 0.29) is 16.9 Å². The van der Waals surface area contributed by atoms with Gasteiger partial charge in [-0.1, -0.05) is 42.6 Å². The lowest BCUT2D eigenvalue weighted by molar-refractivity contribution is -0.115. The number of carbonyl (C=O) groups excluding carboxylic acids is 2. The summed E-state index contributed by atoms with van der Waals surface area (Å²) in [5.74, 6) is -0.319. The van der Waals surface area contributed by atoms with Gasteiger partial charge in [-0.2, -0.15) is 0 Å². The predicted octanol–water partition coefficient (Wildman–Crippen LogP) is 4.88. The molecule has 0 unspecified atom stereocenters. The number of likely N-dealkylation sites (tertiary alicyclic amines) is 1. The first-order valence-corrected chi connectivity index (χ1v) is 10.7. The standard InChI is InChI=1S/C23H24ClN3O2S/c24-19-11-8-17(9-12-19)10-13-21(28)26-23(30)25-20-7-5-6-18(16-20)22(29)27-14-3-1-2-4-15-27/h5-13,16H,1-4,14-15H2,(H2,25,26,28,30)/b13-10+. The molecule has 0 aromatic heterocycles. The Hall–Kier alpha value is -2.70. The van der Waals surface area contributed by atoms with Crippen LogP contribution in [0.25, 0.3) is 6.08 Å². The van der Waals surface area contributed by atoms with Crippen LogP contribution in [0.4, 0.5) is 5.69 Å². The molecule has 0 saturated carbocycles. The lowest BCUT2D eigenvalue weighted by Crippen LogP contribution is -2.33. The van der Waals surface area contributed by atoms with Gasteiger partial charge in [-0.15, -0.1) is 0 Å². The molecule has 5 nitrogen and oxygen atoms in total. The highest BCUT2D eigenvalue weighted by molar-refractivity contribution is 7.80. The molecule has 30 heavy (non-hydrogen) atoms. The third-order valence-corrected chi connectivity index (χ3v) is 5.25. The number of anilines is 1. The van der Waals surface area contributed by atoms with Gasteiger partial charge in [0.1, 0.15) is 0 Å². The van der Waals surface area contributed by atoms with E-state index in [1.54, 1.807) is 42.5 Å². The highest BCUT2D eigenvalue weighted by atomic mass is 35.5. The fraction of sp³-hybridized carbons (Fsp3) is 0.261. The molecule has 2 N–H and O–H groups in total. The Kier molecular flexibility index (Phi) is 7.99. The van der Waals surface area contributed by atoms with E-state index in [0.717, 1.165) is 31.5 Å². The van der Waals surface area contributed by atoms with Crippen molar-refractivity contribution in [2.75, 3.05) is 18.4 Å². The van der Waals surface area contributed by atoms with Gasteiger partial charge < -0.3 is 10.2 Å². The van der Waals surface area contributed by atoms with Crippen molar-refractivity contribution in [3.8, 4) is 0 Å². The number of halogens is 1. The van der Waals surface area contributed by atoms with E-state index >= 15 is 0 Å². The zero-order valence-electron chi connectivity index (χ0n) is 16.6. The first-order valence-electron chi connectivity index (χ1n) is 9.96. The fourth-order valence-electron chi connectivity index (χ4n) is 3.25. The van der Waals surface area contributed by atoms with Crippen LogP contribution in [0, 0.1) is 0 Å². The summed E-state index contributed by atoms with van der Waals surface area (Å²) in [5, 5.41) is 6.37. The molecule has 0 bridgehead atoms. The minimum absolute atomic E-state index is 0.0291. The predicted molar refractivity (Wildman–Crippen MR) is 126 cm³/mol. The highest BCUT2D eigenvalue weighted by Gasteiger charge is 2.17. The highest BCUT2D eigenvalue weighted by Crippen LogP contribution is 2.16. The molecule has 0 atom stereocenters. The van der Waals surface area contributed by atoms with Crippen LogP contribution in [-0.4, -0.2) is 34.9 Å². The largest absolute Gasteiger partial charge is 0.339 e. The topological polar surface area (TPSA) is 61.4 Å². The van der Waals surface area contributed by atoms with Crippen molar-refractivity contribution in [2.45, 2.75) is 25.7 Å². The molecule has 2 amide bonds. The second-order valence-corrected chi connectivity index (χ2v) is 7.96. The smallest absolute Gasteiger partial charge is 0.253 e. The molecule has 2 aromatic rings. The summed E-state index contributed by atoms with van der Waals surface area (Å²) in [6.07, 6.45) is 7.51. The van der Waals surface area contributed by atoms with Gasteiger partial charge in [0, 0.05) is 35.4 Å². The van der Waals surface area contributed by atoms with E-state index in [0.29, 0.717) is 16.3 Å². The number of amides is 2. The normalized spacial score (nSPS) is 14.2. The van der Waals surface area contributed by atoms with Gasteiger partial charge in [0.25, 0.3) is 5.91 Å². The van der Waals surface area contributed by atoms with Gasteiger partial charge in [-0.05, 0) is 67.0 Å². The number of hydrogen-bond donors (Lipinski definition) is 2. The number of benzene rings is 2. The van der Waals surface area contributed by atoms with Gasteiger partial charge in [0.15, 0.2) is 5.11 Å². The Bertz CT molecular complexity index is 936. The van der Waals surface area contributed by atoms with Crippen molar-refractivity contribution >= 4 is 52.5 Å². The molecule has 7 heteroatoms. The minimum Gasteiger partial charge on any atom is -0.339 e.